The van der Waals surface area contributed by atoms with E-state index in [2.05, 4.69) is 9.97 Å². The predicted octanol–water partition coefficient (Wildman–Crippen LogP) is 1.76. The summed E-state index contributed by atoms with van der Waals surface area (Å²) in [7, 11) is 7.91. The summed E-state index contributed by atoms with van der Waals surface area (Å²) >= 11 is 0. The highest BCUT2D eigenvalue weighted by Crippen LogP contribution is 2.24. The lowest BCUT2D eigenvalue weighted by Crippen LogP contribution is -2.19. The van der Waals surface area contributed by atoms with Crippen LogP contribution in [0.4, 0.5) is 11.6 Å². The Balaban J connectivity index is 2.71. The molecule has 2 aromatic rings. The average Bonchev–Trinajstić information content (AvgIpc) is 2.27. The van der Waals surface area contributed by atoms with Crippen LogP contribution in [0.25, 0.3) is 11.0 Å². The van der Waals surface area contributed by atoms with Gasteiger partial charge in [-0.05, 0) is 12.1 Å². The molecule has 0 saturated carbocycles. The number of anilines is 2. The zero-order valence-corrected chi connectivity index (χ0v) is 10.1. The Morgan fingerprint density at radius 1 is 0.750 bits per heavy atom. The Hall–Kier alpha value is -1.84. The minimum Gasteiger partial charge on any atom is -0.360 e. The minimum atomic E-state index is 0.892. The molecule has 2 rings (SSSR count). The quantitative estimate of drug-likeness (QED) is 0.765. The molecule has 0 N–H and O–H groups in total. The molecule has 0 aliphatic rings. The van der Waals surface area contributed by atoms with Gasteiger partial charge in [-0.1, -0.05) is 12.1 Å². The first-order valence-electron chi connectivity index (χ1n) is 5.21. The third-order valence-electron chi connectivity index (χ3n) is 2.38. The molecule has 4 heteroatoms. The van der Waals surface area contributed by atoms with E-state index in [4.69, 9.17) is 0 Å². The topological polar surface area (TPSA) is 32.3 Å². The molecular formula is C12H16N4. The highest BCUT2D eigenvalue weighted by atomic mass is 15.2. The zero-order valence-electron chi connectivity index (χ0n) is 10.1. The highest BCUT2D eigenvalue weighted by molar-refractivity contribution is 5.80. The third kappa shape index (κ3) is 1.78. The van der Waals surface area contributed by atoms with Crippen molar-refractivity contribution >= 4 is 22.7 Å². The first-order chi connectivity index (χ1) is 7.59. The molecule has 0 bridgehead atoms. The molecule has 0 aliphatic carbocycles. The van der Waals surface area contributed by atoms with E-state index >= 15 is 0 Å². The van der Waals surface area contributed by atoms with E-state index in [0.29, 0.717) is 0 Å². The molecule has 0 aliphatic heterocycles. The van der Waals surface area contributed by atoms with E-state index in [0.717, 1.165) is 22.7 Å². The van der Waals surface area contributed by atoms with Gasteiger partial charge < -0.3 is 9.80 Å². The second-order valence-corrected chi connectivity index (χ2v) is 4.15. The molecule has 0 unspecified atom stereocenters. The Morgan fingerprint density at radius 3 is 1.44 bits per heavy atom. The van der Waals surface area contributed by atoms with Gasteiger partial charge in [0.2, 0.25) is 0 Å². The van der Waals surface area contributed by atoms with E-state index < -0.39 is 0 Å². The number of fused-ring (bicyclic) bond motifs is 1. The number of rotatable bonds is 2. The zero-order chi connectivity index (χ0) is 11.7. The lowest BCUT2D eigenvalue weighted by Gasteiger charge is -2.20. The summed E-state index contributed by atoms with van der Waals surface area (Å²) in [6.45, 7) is 0. The van der Waals surface area contributed by atoms with Gasteiger partial charge >= 0.3 is 0 Å². The summed E-state index contributed by atoms with van der Waals surface area (Å²) in [5, 5.41) is 0. The first-order valence-corrected chi connectivity index (χ1v) is 5.21. The number of benzene rings is 1. The molecule has 1 aromatic heterocycles. The van der Waals surface area contributed by atoms with Gasteiger partial charge in [-0.2, -0.15) is 0 Å². The van der Waals surface area contributed by atoms with Gasteiger partial charge in [-0.25, -0.2) is 9.97 Å². The summed E-state index contributed by atoms with van der Waals surface area (Å²) < 4.78 is 0. The molecular weight excluding hydrogens is 200 g/mol. The van der Waals surface area contributed by atoms with Gasteiger partial charge in [0.15, 0.2) is 11.6 Å². The third-order valence-corrected chi connectivity index (χ3v) is 2.38. The maximum Gasteiger partial charge on any atom is 0.172 e. The Morgan fingerprint density at radius 2 is 1.12 bits per heavy atom. The highest BCUT2D eigenvalue weighted by Gasteiger charge is 2.11. The monoisotopic (exact) mass is 216 g/mol. The predicted molar refractivity (Wildman–Crippen MR) is 68.2 cm³/mol. The normalized spacial score (nSPS) is 10.5. The molecule has 84 valence electrons. The van der Waals surface area contributed by atoms with Crippen LogP contribution in [-0.4, -0.2) is 38.2 Å². The largest absolute Gasteiger partial charge is 0.360 e. The molecule has 0 spiro atoms. The second-order valence-electron chi connectivity index (χ2n) is 4.15. The van der Waals surface area contributed by atoms with Crippen molar-refractivity contribution in [2.24, 2.45) is 0 Å². The molecule has 16 heavy (non-hydrogen) atoms. The average molecular weight is 216 g/mol. The lowest BCUT2D eigenvalue weighted by molar-refractivity contribution is 1.01. The molecule has 1 heterocycles. The summed E-state index contributed by atoms with van der Waals surface area (Å²) in [6.07, 6.45) is 0. The second kappa shape index (κ2) is 3.96. The van der Waals surface area contributed by atoms with Crippen molar-refractivity contribution in [1.29, 1.82) is 0 Å². The van der Waals surface area contributed by atoms with Crippen LogP contribution in [0.15, 0.2) is 24.3 Å². The van der Waals surface area contributed by atoms with Gasteiger partial charge in [0.05, 0.1) is 11.0 Å². The van der Waals surface area contributed by atoms with Crippen molar-refractivity contribution in [2.45, 2.75) is 0 Å². The summed E-state index contributed by atoms with van der Waals surface area (Å²) in [5.74, 6) is 1.78. The summed E-state index contributed by atoms with van der Waals surface area (Å²) in [5.41, 5.74) is 1.86. The van der Waals surface area contributed by atoms with Gasteiger partial charge in [0.25, 0.3) is 0 Å². The van der Waals surface area contributed by atoms with Gasteiger partial charge in [-0.3, -0.25) is 0 Å². The Bertz CT molecular complexity index is 459. The summed E-state index contributed by atoms with van der Waals surface area (Å²) in [4.78, 5) is 13.2. The fourth-order valence-electron chi connectivity index (χ4n) is 1.58. The van der Waals surface area contributed by atoms with Gasteiger partial charge in [0.1, 0.15) is 0 Å². The molecule has 0 fully saturated rings. The van der Waals surface area contributed by atoms with Crippen molar-refractivity contribution in [3.63, 3.8) is 0 Å². The standard InChI is InChI=1S/C12H16N4/c1-15(2)11-12(16(3)4)14-10-8-6-5-7-9(10)13-11/h5-8H,1-4H3. The number of nitrogens with zero attached hydrogens (tertiary/aromatic N) is 4. The van der Waals surface area contributed by atoms with E-state index in [1.165, 1.54) is 0 Å². The van der Waals surface area contributed by atoms with Crippen LogP contribution in [0.3, 0.4) is 0 Å². The van der Waals surface area contributed by atoms with Crippen LogP contribution >= 0.6 is 0 Å². The van der Waals surface area contributed by atoms with Gasteiger partial charge in [0, 0.05) is 28.2 Å². The lowest BCUT2D eigenvalue weighted by atomic mass is 10.3. The molecule has 4 nitrogen and oxygen atoms in total. The fraction of sp³-hybridized carbons (Fsp3) is 0.333. The number of hydrogen-bond donors (Lipinski definition) is 0. The molecule has 0 amide bonds. The molecule has 0 saturated heterocycles. The molecule has 1 aromatic carbocycles. The van der Waals surface area contributed by atoms with Crippen LogP contribution in [-0.2, 0) is 0 Å². The Labute approximate surface area is 95.5 Å². The Kier molecular flexibility index (Phi) is 2.64. The van der Waals surface area contributed by atoms with Crippen LogP contribution in [0.2, 0.25) is 0 Å². The van der Waals surface area contributed by atoms with E-state index in [9.17, 15) is 0 Å². The fourth-order valence-corrected chi connectivity index (χ4v) is 1.58. The smallest absolute Gasteiger partial charge is 0.172 e. The maximum atomic E-state index is 4.62. The maximum absolute atomic E-state index is 4.62. The van der Waals surface area contributed by atoms with E-state index in [1.807, 2.05) is 62.3 Å². The van der Waals surface area contributed by atoms with Gasteiger partial charge in [-0.15, -0.1) is 0 Å². The molecule has 0 radical (unpaired) electrons. The number of aromatic nitrogens is 2. The van der Waals surface area contributed by atoms with Crippen LogP contribution in [0.5, 0.6) is 0 Å². The van der Waals surface area contributed by atoms with Crippen molar-refractivity contribution in [3.8, 4) is 0 Å². The number of hydrogen-bond acceptors (Lipinski definition) is 4. The minimum absolute atomic E-state index is 0.892. The first kappa shape index (κ1) is 10.7. The van der Waals surface area contributed by atoms with Crippen molar-refractivity contribution in [2.75, 3.05) is 38.0 Å². The van der Waals surface area contributed by atoms with Crippen LogP contribution in [0, 0.1) is 0 Å². The SMILES string of the molecule is CN(C)c1nc2ccccc2nc1N(C)C. The van der Waals surface area contributed by atoms with Crippen molar-refractivity contribution in [3.05, 3.63) is 24.3 Å². The van der Waals surface area contributed by atoms with E-state index in [-0.39, 0.29) is 0 Å². The summed E-state index contributed by atoms with van der Waals surface area (Å²) in [6, 6.07) is 7.92. The van der Waals surface area contributed by atoms with Crippen molar-refractivity contribution in [1.82, 2.24) is 9.97 Å². The number of para-hydroxylation sites is 2. The van der Waals surface area contributed by atoms with E-state index in [1.54, 1.807) is 0 Å². The molecule has 0 atom stereocenters. The van der Waals surface area contributed by atoms with Crippen molar-refractivity contribution < 1.29 is 0 Å². The van der Waals surface area contributed by atoms with Crippen LogP contribution < -0.4 is 9.80 Å². The van der Waals surface area contributed by atoms with Crippen LogP contribution in [0.1, 0.15) is 0 Å².